The third-order valence-corrected chi connectivity index (χ3v) is 4.76. The second kappa shape index (κ2) is 5.45. The summed E-state index contributed by atoms with van der Waals surface area (Å²) in [6, 6.07) is 4.25. The number of furan rings is 1. The Hall–Kier alpha value is -1.93. The van der Waals surface area contributed by atoms with Gasteiger partial charge >= 0.3 is 5.97 Å². The number of benzene rings is 1. The Morgan fingerprint density at radius 1 is 1.38 bits per heavy atom. The van der Waals surface area contributed by atoms with Crippen LogP contribution in [0.4, 0.5) is 4.39 Å². The lowest BCUT2D eigenvalue weighted by atomic mass is 10.2. The molecule has 0 amide bonds. The van der Waals surface area contributed by atoms with Crippen LogP contribution >= 0.6 is 0 Å². The summed E-state index contributed by atoms with van der Waals surface area (Å²) >= 11 is 0. The smallest absolute Gasteiger partial charge is 0.318 e. The summed E-state index contributed by atoms with van der Waals surface area (Å²) in [7, 11) is -4.11. The fourth-order valence-electron chi connectivity index (χ4n) is 1.91. The van der Waals surface area contributed by atoms with Crippen molar-refractivity contribution in [3.05, 3.63) is 30.1 Å². The summed E-state index contributed by atoms with van der Waals surface area (Å²) < 4.78 is 44.0. The molecule has 0 atom stereocenters. The van der Waals surface area contributed by atoms with Crippen molar-refractivity contribution in [1.82, 2.24) is 4.31 Å². The summed E-state index contributed by atoms with van der Waals surface area (Å²) in [5.41, 5.74) is 0.217. The van der Waals surface area contributed by atoms with Crippen LogP contribution < -0.4 is 0 Å². The van der Waals surface area contributed by atoms with Gasteiger partial charge in [0.15, 0.2) is 0 Å². The zero-order valence-electron chi connectivity index (χ0n) is 11.4. The van der Waals surface area contributed by atoms with E-state index in [1.165, 1.54) is 12.1 Å². The van der Waals surface area contributed by atoms with Crippen LogP contribution in [0.2, 0.25) is 0 Å². The van der Waals surface area contributed by atoms with E-state index in [-0.39, 0.29) is 5.58 Å². The maximum Gasteiger partial charge on any atom is 0.318 e. The Bertz CT molecular complexity index is 781. The third kappa shape index (κ3) is 3.06. The number of nitrogens with zero attached hydrogens (tertiary/aromatic N) is 1. The first-order chi connectivity index (χ1) is 9.71. The van der Waals surface area contributed by atoms with Crippen molar-refractivity contribution in [2.75, 3.05) is 6.54 Å². The van der Waals surface area contributed by atoms with E-state index < -0.39 is 39.5 Å². The van der Waals surface area contributed by atoms with Crippen LogP contribution in [0, 0.1) is 5.82 Å². The van der Waals surface area contributed by atoms with Crippen LogP contribution in [-0.4, -0.2) is 36.4 Å². The number of halogens is 1. The normalized spacial score (nSPS) is 12.4. The maximum atomic E-state index is 13.1. The second-order valence-electron chi connectivity index (χ2n) is 4.79. The van der Waals surface area contributed by atoms with Gasteiger partial charge in [-0.25, -0.2) is 12.8 Å². The summed E-state index contributed by atoms with van der Waals surface area (Å²) in [4.78, 5) is 10.8. The summed E-state index contributed by atoms with van der Waals surface area (Å²) in [5.74, 6) is -1.78. The zero-order chi connectivity index (χ0) is 15.8. The van der Waals surface area contributed by atoms with Gasteiger partial charge in [-0.1, -0.05) is 0 Å². The lowest BCUT2D eigenvalue weighted by Crippen LogP contribution is -2.40. The molecule has 0 bridgehead atoms. The Kier molecular flexibility index (Phi) is 4.02. The number of carboxylic acid groups (broad SMARTS) is 1. The van der Waals surface area contributed by atoms with Crippen LogP contribution in [0.25, 0.3) is 11.0 Å². The minimum absolute atomic E-state index is 0.217. The molecule has 0 aliphatic heterocycles. The number of carbonyl (C=O) groups is 1. The highest BCUT2D eigenvalue weighted by atomic mass is 32.2. The molecule has 1 heterocycles. The second-order valence-corrected chi connectivity index (χ2v) is 6.61. The number of hydrogen-bond donors (Lipinski definition) is 1. The zero-order valence-corrected chi connectivity index (χ0v) is 12.2. The SMILES string of the molecule is CC(C)N(CC(=O)O)S(=O)(=O)c1cc2cc(F)ccc2o1. The fourth-order valence-corrected chi connectivity index (χ4v) is 3.45. The van der Waals surface area contributed by atoms with Crippen molar-refractivity contribution in [2.45, 2.75) is 25.0 Å². The van der Waals surface area contributed by atoms with E-state index in [9.17, 15) is 17.6 Å². The van der Waals surface area contributed by atoms with Crippen molar-refractivity contribution in [3.63, 3.8) is 0 Å². The quantitative estimate of drug-likeness (QED) is 0.912. The molecule has 0 unspecified atom stereocenters. The van der Waals surface area contributed by atoms with Gasteiger partial charge in [0.2, 0.25) is 5.09 Å². The predicted molar refractivity (Wildman–Crippen MR) is 72.8 cm³/mol. The number of sulfonamides is 1. The Morgan fingerprint density at radius 2 is 2.05 bits per heavy atom. The number of hydrogen-bond acceptors (Lipinski definition) is 4. The van der Waals surface area contributed by atoms with Crippen LogP contribution in [-0.2, 0) is 14.8 Å². The van der Waals surface area contributed by atoms with Gasteiger partial charge in [0.1, 0.15) is 17.9 Å². The highest BCUT2D eigenvalue weighted by molar-refractivity contribution is 7.89. The van der Waals surface area contributed by atoms with Gasteiger partial charge in [0.05, 0.1) is 0 Å². The summed E-state index contributed by atoms with van der Waals surface area (Å²) in [6.45, 7) is 2.44. The van der Waals surface area contributed by atoms with E-state index in [1.54, 1.807) is 13.8 Å². The minimum Gasteiger partial charge on any atom is -0.480 e. The molecule has 1 N–H and O–H groups in total. The molecular weight excluding hydrogens is 301 g/mol. The molecular formula is C13H14FNO5S. The minimum atomic E-state index is -4.11. The van der Waals surface area contributed by atoms with Crippen molar-refractivity contribution < 1.29 is 27.1 Å². The van der Waals surface area contributed by atoms with Gasteiger partial charge in [-0.2, -0.15) is 4.31 Å². The Balaban J connectivity index is 2.51. The molecule has 0 spiro atoms. The lowest BCUT2D eigenvalue weighted by molar-refractivity contribution is -0.137. The van der Waals surface area contributed by atoms with E-state index in [0.29, 0.717) is 5.39 Å². The van der Waals surface area contributed by atoms with E-state index in [0.717, 1.165) is 16.4 Å². The van der Waals surface area contributed by atoms with Gasteiger partial charge < -0.3 is 9.52 Å². The molecule has 2 aromatic rings. The predicted octanol–water partition coefficient (Wildman–Crippen LogP) is 2.06. The van der Waals surface area contributed by atoms with E-state index in [4.69, 9.17) is 9.52 Å². The highest BCUT2D eigenvalue weighted by Crippen LogP contribution is 2.26. The molecule has 0 radical (unpaired) electrons. The first kappa shape index (κ1) is 15.5. The van der Waals surface area contributed by atoms with Crippen LogP contribution in [0.15, 0.2) is 33.8 Å². The van der Waals surface area contributed by atoms with Gasteiger partial charge in [-0.05, 0) is 32.0 Å². The van der Waals surface area contributed by atoms with Gasteiger partial charge in [-0.3, -0.25) is 4.79 Å². The number of rotatable bonds is 5. The molecule has 0 saturated heterocycles. The molecule has 2 rings (SSSR count). The van der Waals surface area contributed by atoms with Crippen molar-refractivity contribution >= 4 is 27.0 Å². The Morgan fingerprint density at radius 3 is 2.62 bits per heavy atom. The van der Waals surface area contributed by atoms with Crippen LogP contribution in [0.3, 0.4) is 0 Å². The number of carboxylic acids is 1. The van der Waals surface area contributed by atoms with Crippen LogP contribution in [0.1, 0.15) is 13.8 Å². The van der Waals surface area contributed by atoms with Crippen molar-refractivity contribution in [3.8, 4) is 0 Å². The average Bonchev–Trinajstić information content (AvgIpc) is 2.78. The molecule has 0 fully saturated rings. The average molecular weight is 315 g/mol. The highest BCUT2D eigenvalue weighted by Gasteiger charge is 2.32. The topological polar surface area (TPSA) is 87.8 Å². The fraction of sp³-hybridized carbons (Fsp3) is 0.308. The van der Waals surface area contributed by atoms with Gasteiger partial charge in [0, 0.05) is 17.5 Å². The Labute approximate surface area is 120 Å². The largest absolute Gasteiger partial charge is 0.480 e. The monoisotopic (exact) mass is 315 g/mol. The molecule has 1 aromatic heterocycles. The molecule has 114 valence electrons. The van der Waals surface area contributed by atoms with Gasteiger partial charge in [-0.15, -0.1) is 0 Å². The third-order valence-electron chi connectivity index (χ3n) is 2.89. The van der Waals surface area contributed by atoms with E-state index in [1.807, 2.05) is 0 Å². The number of aliphatic carboxylic acids is 1. The standard InChI is InChI=1S/C13H14FNO5S/c1-8(2)15(7-12(16)17)21(18,19)13-6-9-5-10(14)3-4-11(9)20-13/h3-6,8H,7H2,1-2H3,(H,16,17). The molecule has 0 aliphatic carbocycles. The van der Waals surface area contributed by atoms with Crippen molar-refractivity contribution in [2.24, 2.45) is 0 Å². The molecule has 1 aromatic carbocycles. The first-order valence-electron chi connectivity index (χ1n) is 6.14. The number of fused-ring (bicyclic) bond motifs is 1. The van der Waals surface area contributed by atoms with E-state index >= 15 is 0 Å². The van der Waals surface area contributed by atoms with E-state index in [2.05, 4.69) is 0 Å². The molecule has 21 heavy (non-hydrogen) atoms. The van der Waals surface area contributed by atoms with Gasteiger partial charge in [0.25, 0.3) is 10.0 Å². The molecule has 6 nitrogen and oxygen atoms in total. The van der Waals surface area contributed by atoms with Crippen LogP contribution in [0.5, 0.6) is 0 Å². The molecule has 0 saturated carbocycles. The summed E-state index contributed by atoms with van der Waals surface area (Å²) in [5, 5.41) is 8.73. The molecule has 8 heteroatoms. The first-order valence-corrected chi connectivity index (χ1v) is 7.58. The van der Waals surface area contributed by atoms with Crippen molar-refractivity contribution in [1.29, 1.82) is 0 Å². The molecule has 0 aliphatic rings. The maximum absolute atomic E-state index is 13.1. The lowest BCUT2D eigenvalue weighted by Gasteiger charge is -2.22. The summed E-state index contributed by atoms with van der Waals surface area (Å²) in [6.07, 6.45) is 0.